The van der Waals surface area contributed by atoms with Crippen LogP contribution in [-0.4, -0.2) is 23.2 Å². The molecule has 2 aliphatic rings. The molecule has 0 bridgehead atoms. The normalized spacial score (nSPS) is 22.7. The molecule has 0 aliphatic carbocycles. The Kier molecular flexibility index (Phi) is 3.29. The minimum absolute atomic E-state index is 0.0939. The Labute approximate surface area is 136 Å². The summed E-state index contributed by atoms with van der Waals surface area (Å²) in [4.78, 5) is 20.4. The van der Waals surface area contributed by atoms with Gasteiger partial charge >= 0.3 is 0 Å². The van der Waals surface area contributed by atoms with Crippen LogP contribution in [0.1, 0.15) is 30.9 Å². The van der Waals surface area contributed by atoms with Gasteiger partial charge in [0.2, 0.25) is 0 Å². The minimum atomic E-state index is -0.920. The van der Waals surface area contributed by atoms with E-state index in [-0.39, 0.29) is 5.91 Å². The molecule has 0 aromatic heterocycles. The van der Waals surface area contributed by atoms with Crippen molar-refractivity contribution in [1.29, 1.82) is 0 Å². The van der Waals surface area contributed by atoms with E-state index in [1.54, 1.807) is 0 Å². The lowest BCUT2D eigenvalue weighted by molar-refractivity contribution is -0.130. The first-order valence-corrected chi connectivity index (χ1v) is 8.26. The van der Waals surface area contributed by atoms with Crippen LogP contribution in [0.25, 0.3) is 0 Å². The maximum Gasteiger partial charge on any atom is 0.265 e. The molecule has 116 valence electrons. The standard InChI is InChI=1S/C20H20N2O/c1-15-9-8-14-22-18(15)21-20(19(22)23,16-10-4-2-5-11-16)17-12-6-3-7-13-17/h2-7,10-13,15H,8-9,14H2,1H3. The summed E-state index contributed by atoms with van der Waals surface area (Å²) in [6.45, 7) is 2.95. The Bertz CT molecular complexity index is 712. The van der Waals surface area contributed by atoms with E-state index in [4.69, 9.17) is 4.99 Å². The summed E-state index contributed by atoms with van der Waals surface area (Å²) in [5, 5.41) is 0. The molecule has 1 unspecified atom stereocenters. The molecule has 1 saturated heterocycles. The van der Waals surface area contributed by atoms with E-state index >= 15 is 0 Å². The molecule has 0 saturated carbocycles. The fraction of sp³-hybridized carbons (Fsp3) is 0.300. The van der Waals surface area contributed by atoms with Crippen molar-refractivity contribution in [2.75, 3.05) is 6.54 Å². The van der Waals surface area contributed by atoms with Crippen LogP contribution < -0.4 is 0 Å². The lowest BCUT2D eigenvalue weighted by Gasteiger charge is -2.30. The fourth-order valence-electron chi connectivity index (χ4n) is 3.76. The first-order chi connectivity index (χ1) is 11.2. The van der Waals surface area contributed by atoms with E-state index < -0.39 is 5.54 Å². The van der Waals surface area contributed by atoms with Gasteiger partial charge in [0, 0.05) is 12.5 Å². The van der Waals surface area contributed by atoms with E-state index in [1.165, 1.54) is 0 Å². The van der Waals surface area contributed by atoms with E-state index in [1.807, 2.05) is 65.6 Å². The summed E-state index contributed by atoms with van der Waals surface area (Å²) in [6.07, 6.45) is 2.15. The molecule has 1 atom stereocenters. The second-order valence-corrected chi connectivity index (χ2v) is 6.41. The number of amidine groups is 1. The van der Waals surface area contributed by atoms with Gasteiger partial charge in [0.1, 0.15) is 5.84 Å². The Morgan fingerprint density at radius 2 is 1.57 bits per heavy atom. The zero-order chi connectivity index (χ0) is 15.9. The van der Waals surface area contributed by atoms with Crippen molar-refractivity contribution in [3.8, 4) is 0 Å². The van der Waals surface area contributed by atoms with Crippen molar-refractivity contribution in [1.82, 2.24) is 4.90 Å². The third kappa shape index (κ3) is 2.03. The summed E-state index contributed by atoms with van der Waals surface area (Å²) in [6, 6.07) is 19.9. The molecule has 3 nitrogen and oxygen atoms in total. The highest BCUT2D eigenvalue weighted by atomic mass is 16.2. The van der Waals surface area contributed by atoms with Crippen LogP contribution in [0.3, 0.4) is 0 Å². The van der Waals surface area contributed by atoms with Crippen molar-refractivity contribution in [3.05, 3.63) is 71.8 Å². The van der Waals surface area contributed by atoms with Crippen LogP contribution >= 0.6 is 0 Å². The number of hydrogen-bond acceptors (Lipinski definition) is 2. The first kappa shape index (κ1) is 14.2. The molecule has 0 spiro atoms. The van der Waals surface area contributed by atoms with Crippen molar-refractivity contribution in [2.24, 2.45) is 10.9 Å². The zero-order valence-electron chi connectivity index (χ0n) is 13.3. The van der Waals surface area contributed by atoms with Crippen molar-refractivity contribution in [3.63, 3.8) is 0 Å². The highest BCUT2D eigenvalue weighted by Gasteiger charge is 2.52. The van der Waals surface area contributed by atoms with Gasteiger partial charge in [0.15, 0.2) is 5.54 Å². The third-order valence-electron chi connectivity index (χ3n) is 4.96. The molecule has 0 N–H and O–H groups in total. The number of fused-ring (bicyclic) bond motifs is 1. The van der Waals surface area contributed by atoms with E-state index in [0.29, 0.717) is 5.92 Å². The fourth-order valence-corrected chi connectivity index (χ4v) is 3.76. The monoisotopic (exact) mass is 304 g/mol. The molecule has 2 aromatic rings. The van der Waals surface area contributed by atoms with Crippen molar-refractivity contribution < 1.29 is 4.79 Å². The predicted molar refractivity (Wildman–Crippen MR) is 91.2 cm³/mol. The van der Waals surface area contributed by atoms with Crippen LogP contribution in [0, 0.1) is 5.92 Å². The van der Waals surface area contributed by atoms with Gasteiger partial charge in [-0.25, -0.2) is 4.99 Å². The summed E-state index contributed by atoms with van der Waals surface area (Å²) in [7, 11) is 0. The largest absolute Gasteiger partial charge is 0.298 e. The SMILES string of the molecule is CC1CCCN2C(=O)C(c3ccccc3)(c3ccccc3)N=C12. The predicted octanol–water partition coefficient (Wildman–Crippen LogP) is 3.60. The van der Waals surface area contributed by atoms with Gasteiger partial charge in [-0.2, -0.15) is 0 Å². The second kappa shape index (κ2) is 5.34. The van der Waals surface area contributed by atoms with E-state index in [9.17, 15) is 4.79 Å². The van der Waals surface area contributed by atoms with Gasteiger partial charge in [-0.1, -0.05) is 67.6 Å². The van der Waals surface area contributed by atoms with Gasteiger partial charge in [-0.15, -0.1) is 0 Å². The number of carbonyl (C=O) groups is 1. The summed E-state index contributed by atoms with van der Waals surface area (Å²) in [5.74, 6) is 1.38. The third-order valence-corrected chi connectivity index (χ3v) is 4.96. The zero-order valence-corrected chi connectivity index (χ0v) is 13.3. The van der Waals surface area contributed by atoms with Crippen LogP contribution in [0.5, 0.6) is 0 Å². The van der Waals surface area contributed by atoms with Gasteiger partial charge in [0.25, 0.3) is 5.91 Å². The summed E-state index contributed by atoms with van der Waals surface area (Å²) in [5.41, 5.74) is 0.979. The van der Waals surface area contributed by atoms with Crippen LogP contribution in [0.15, 0.2) is 65.7 Å². The highest BCUT2D eigenvalue weighted by molar-refractivity contribution is 6.11. The number of hydrogen-bond donors (Lipinski definition) is 0. The molecular weight excluding hydrogens is 284 g/mol. The highest BCUT2D eigenvalue weighted by Crippen LogP contribution is 2.42. The Hall–Kier alpha value is -2.42. The summed E-state index contributed by atoms with van der Waals surface area (Å²) >= 11 is 0. The smallest absolute Gasteiger partial charge is 0.265 e. The molecule has 1 fully saturated rings. The molecule has 2 aliphatic heterocycles. The van der Waals surface area contributed by atoms with Crippen molar-refractivity contribution in [2.45, 2.75) is 25.3 Å². The molecule has 2 aromatic carbocycles. The van der Waals surface area contributed by atoms with Gasteiger partial charge in [0.05, 0.1) is 0 Å². The topological polar surface area (TPSA) is 32.7 Å². The molecule has 3 heteroatoms. The Morgan fingerprint density at radius 3 is 2.09 bits per heavy atom. The average Bonchev–Trinajstić information content (AvgIpc) is 2.92. The number of amides is 1. The van der Waals surface area contributed by atoms with Crippen LogP contribution in [0.2, 0.25) is 0 Å². The Balaban J connectivity index is 1.96. The first-order valence-electron chi connectivity index (χ1n) is 8.26. The van der Waals surface area contributed by atoms with Crippen LogP contribution in [0.4, 0.5) is 0 Å². The Morgan fingerprint density at radius 1 is 1.00 bits per heavy atom. The van der Waals surface area contributed by atoms with Crippen molar-refractivity contribution >= 4 is 11.7 Å². The quantitative estimate of drug-likeness (QED) is 0.834. The number of rotatable bonds is 2. The molecule has 1 amide bonds. The van der Waals surface area contributed by atoms with Crippen LogP contribution in [-0.2, 0) is 10.3 Å². The maximum absolute atomic E-state index is 13.4. The number of nitrogens with zero attached hydrogens (tertiary/aromatic N) is 2. The summed E-state index contributed by atoms with van der Waals surface area (Å²) < 4.78 is 0. The molecule has 0 radical (unpaired) electrons. The lowest BCUT2D eigenvalue weighted by atomic mass is 9.83. The minimum Gasteiger partial charge on any atom is -0.298 e. The molecule has 23 heavy (non-hydrogen) atoms. The van der Waals surface area contributed by atoms with E-state index in [2.05, 4.69) is 6.92 Å². The average molecular weight is 304 g/mol. The number of carbonyl (C=O) groups excluding carboxylic acids is 1. The van der Waals surface area contributed by atoms with Gasteiger partial charge in [-0.3, -0.25) is 9.69 Å². The van der Waals surface area contributed by atoms with E-state index in [0.717, 1.165) is 36.3 Å². The second-order valence-electron chi connectivity index (χ2n) is 6.41. The lowest BCUT2D eigenvalue weighted by Crippen LogP contribution is -2.45. The number of benzene rings is 2. The van der Waals surface area contributed by atoms with Gasteiger partial charge < -0.3 is 0 Å². The number of aliphatic imine (C=N–C) groups is 1. The molecule has 4 rings (SSSR count). The maximum atomic E-state index is 13.4. The number of piperidine rings is 1. The molecular formula is C20H20N2O. The van der Waals surface area contributed by atoms with Gasteiger partial charge in [-0.05, 0) is 24.0 Å². The molecule has 2 heterocycles.